The minimum absolute atomic E-state index is 0.0197. The van der Waals surface area contributed by atoms with E-state index in [-0.39, 0.29) is 21.9 Å². The Bertz CT molecular complexity index is 1250. The molecule has 0 saturated carbocycles. The molecule has 0 aliphatic rings. The maximum absolute atomic E-state index is 12.8. The fraction of sp³-hybridized carbons (Fsp3) is 0.130. The third-order valence-electron chi connectivity index (χ3n) is 4.45. The van der Waals surface area contributed by atoms with Crippen molar-refractivity contribution in [3.8, 4) is 5.75 Å². The minimum atomic E-state index is -4.30. The fourth-order valence-corrected chi connectivity index (χ4v) is 3.83. The van der Waals surface area contributed by atoms with Crippen LogP contribution >= 0.6 is 0 Å². The lowest BCUT2D eigenvalue weighted by Crippen LogP contribution is -2.21. The van der Waals surface area contributed by atoms with Crippen LogP contribution in [0.2, 0.25) is 0 Å². The van der Waals surface area contributed by atoms with Gasteiger partial charge in [-0.3, -0.25) is 0 Å². The van der Waals surface area contributed by atoms with E-state index in [4.69, 9.17) is 8.92 Å². The van der Waals surface area contributed by atoms with Gasteiger partial charge in [-0.25, -0.2) is 9.59 Å². The number of carbonyl (C=O) groups is 2. The summed E-state index contributed by atoms with van der Waals surface area (Å²) in [6.45, 7) is 3.70. The Balaban J connectivity index is 1.95. The number of carbonyl (C=O) groups excluding carboxylic acids is 2. The largest absolute Gasteiger partial charge is 0.465 e. The molecule has 2 amide bonds. The number of para-hydroxylation sites is 1. The first-order chi connectivity index (χ1) is 15.2. The van der Waals surface area contributed by atoms with Crippen molar-refractivity contribution >= 4 is 33.5 Å². The number of rotatable bonds is 6. The normalized spacial score (nSPS) is 10.8. The molecule has 3 aromatic rings. The molecule has 0 aliphatic carbocycles. The topological polar surface area (TPSA) is 111 Å². The predicted molar refractivity (Wildman–Crippen MR) is 121 cm³/mol. The van der Waals surface area contributed by atoms with Gasteiger partial charge >= 0.3 is 22.1 Å². The van der Waals surface area contributed by atoms with E-state index in [1.54, 1.807) is 30.3 Å². The summed E-state index contributed by atoms with van der Waals surface area (Å²) < 4.78 is 35.7. The van der Waals surface area contributed by atoms with Gasteiger partial charge in [0.25, 0.3) is 0 Å². The minimum Gasteiger partial charge on any atom is -0.465 e. The molecule has 8 nitrogen and oxygen atoms in total. The highest BCUT2D eigenvalue weighted by atomic mass is 32.2. The van der Waals surface area contributed by atoms with E-state index in [1.807, 2.05) is 19.9 Å². The first-order valence-electron chi connectivity index (χ1n) is 9.57. The molecule has 0 unspecified atom stereocenters. The Morgan fingerprint density at radius 3 is 2.19 bits per heavy atom. The van der Waals surface area contributed by atoms with Crippen molar-refractivity contribution in [3.63, 3.8) is 0 Å². The first-order valence-corrected chi connectivity index (χ1v) is 11.0. The molecule has 0 atom stereocenters. The molecule has 3 aromatic carbocycles. The molecule has 0 spiro atoms. The molecular formula is C23H22N2O6S. The van der Waals surface area contributed by atoms with Gasteiger partial charge in [0.1, 0.15) is 10.5 Å². The van der Waals surface area contributed by atoms with E-state index in [0.717, 1.165) is 18.2 Å². The van der Waals surface area contributed by atoms with Crippen LogP contribution in [0, 0.1) is 13.8 Å². The number of ether oxygens (including phenoxy) is 1. The first kappa shape index (κ1) is 22.8. The summed E-state index contributed by atoms with van der Waals surface area (Å²) in [5.41, 5.74) is 2.18. The van der Waals surface area contributed by atoms with Crippen LogP contribution in [0.25, 0.3) is 0 Å². The van der Waals surface area contributed by atoms with Crippen LogP contribution in [-0.4, -0.2) is 27.5 Å². The lowest BCUT2D eigenvalue weighted by molar-refractivity contribution is 0.0599. The lowest BCUT2D eigenvalue weighted by atomic mass is 10.1. The Hall–Kier alpha value is -3.85. The van der Waals surface area contributed by atoms with E-state index < -0.39 is 22.1 Å². The predicted octanol–water partition coefficient (Wildman–Crippen LogP) is 4.50. The summed E-state index contributed by atoms with van der Waals surface area (Å²) in [7, 11) is -3.14. The Morgan fingerprint density at radius 2 is 1.53 bits per heavy atom. The van der Waals surface area contributed by atoms with E-state index in [9.17, 15) is 18.0 Å². The van der Waals surface area contributed by atoms with Gasteiger partial charge in [-0.1, -0.05) is 35.9 Å². The molecule has 32 heavy (non-hydrogen) atoms. The van der Waals surface area contributed by atoms with Gasteiger partial charge in [-0.05, 0) is 55.8 Å². The maximum atomic E-state index is 12.8. The number of amides is 2. The van der Waals surface area contributed by atoms with Crippen molar-refractivity contribution in [2.45, 2.75) is 18.7 Å². The number of nitrogens with one attached hydrogen (secondary N) is 2. The lowest BCUT2D eigenvalue weighted by Gasteiger charge is -2.16. The van der Waals surface area contributed by atoms with Gasteiger partial charge in [-0.2, -0.15) is 8.42 Å². The van der Waals surface area contributed by atoms with Crippen molar-refractivity contribution < 1.29 is 26.9 Å². The second-order valence-corrected chi connectivity index (χ2v) is 8.52. The number of methoxy groups -OCH3 is 1. The summed E-state index contributed by atoms with van der Waals surface area (Å²) in [4.78, 5) is 24.7. The number of anilines is 2. The molecule has 166 valence electrons. The van der Waals surface area contributed by atoms with Gasteiger partial charge in [0.05, 0.1) is 12.8 Å². The molecule has 0 heterocycles. The molecule has 0 aromatic heterocycles. The summed E-state index contributed by atoms with van der Waals surface area (Å²) in [5.74, 6) is -1.17. The molecule has 0 saturated heterocycles. The SMILES string of the molecule is COC(=O)c1cccc(NC(=O)Nc2cccc(C)c2)c1OS(=O)(=O)c1ccc(C)cc1. The average Bonchev–Trinajstić information content (AvgIpc) is 2.74. The molecule has 3 rings (SSSR count). The third kappa shape index (κ3) is 5.44. The standard InChI is InChI=1S/C23H22N2O6S/c1-15-10-12-18(13-11-15)32(28,29)31-21-19(22(26)30-3)8-5-9-20(21)25-23(27)24-17-7-4-6-16(2)14-17/h4-14H,1-3H3,(H2,24,25,27). The van der Waals surface area contributed by atoms with E-state index in [1.165, 1.54) is 30.3 Å². The number of esters is 1. The molecule has 0 aliphatic heterocycles. The zero-order chi connectivity index (χ0) is 23.3. The smallest absolute Gasteiger partial charge is 0.341 e. The van der Waals surface area contributed by atoms with Crippen molar-refractivity contribution in [1.29, 1.82) is 0 Å². The quantitative estimate of drug-likeness (QED) is 0.419. The van der Waals surface area contributed by atoms with Crippen LogP contribution in [0.4, 0.5) is 16.2 Å². The number of benzene rings is 3. The van der Waals surface area contributed by atoms with Crippen molar-refractivity contribution in [3.05, 3.63) is 83.4 Å². The second kappa shape index (κ2) is 9.52. The zero-order valence-electron chi connectivity index (χ0n) is 17.7. The number of aryl methyl sites for hydroxylation is 2. The van der Waals surface area contributed by atoms with Crippen LogP contribution in [0.15, 0.2) is 71.6 Å². The molecule has 0 fully saturated rings. The fourth-order valence-electron chi connectivity index (χ4n) is 2.87. The van der Waals surface area contributed by atoms with E-state index >= 15 is 0 Å². The van der Waals surface area contributed by atoms with Crippen molar-refractivity contribution in [2.24, 2.45) is 0 Å². The van der Waals surface area contributed by atoms with Crippen molar-refractivity contribution in [1.82, 2.24) is 0 Å². The maximum Gasteiger partial charge on any atom is 0.341 e. The summed E-state index contributed by atoms with van der Waals surface area (Å²) in [6, 6.07) is 16.8. The number of urea groups is 1. The van der Waals surface area contributed by atoms with Crippen LogP contribution in [0.1, 0.15) is 21.5 Å². The van der Waals surface area contributed by atoms with Gasteiger partial charge in [0.2, 0.25) is 0 Å². The van der Waals surface area contributed by atoms with Gasteiger partial charge < -0.3 is 19.6 Å². The molecule has 9 heteroatoms. The third-order valence-corrected chi connectivity index (χ3v) is 5.68. The summed E-state index contributed by atoms with van der Waals surface area (Å²) in [6.07, 6.45) is 0. The summed E-state index contributed by atoms with van der Waals surface area (Å²) >= 11 is 0. The Kier molecular flexibility index (Phi) is 6.79. The van der Waals surface area contributed by atoms with Crippen LogP contribution in [0.3, 0.4) is 0 Å². The highest BCUT2D eigenvalue weighted by Gasteiger charge is 2.25. The second-order valence-electron chi connectivity index (χ2n) is 6.97. The van der Waals surface area contributed by atoms with Crippen LogP contribution < -0.4 is 14.8 Å². The van der Waals surface area contributed by atoms with Crippen LogP contribution in [-0.2, 0) is 14.9 Å². The highest BCUT2D eigenvalue weighted by molar-refractivity contribution is 7.87. The molecule has 0 radical (unpaired) electrons. The van der Waals surface area contributed by atoms with E-state index in [2.05, 4.69) is 10.6 Å². The van der Waals surface area contributed by atoms with E-state index in [0.29, 0.717) is 5.69 Å². The molecular weight excluding hydrogens is 432 g/mol. The number of hydrogen-bond donors (Lipinski definition) is 2. The Labute approximate surface area is 186 Å². The van der Waals surface area contributed by atoms with Crippen LogP contribution in [0.5, 0.6) is 5.75 Å². The monoisotopic (exact) mass is 454 g/mol. The highest BCUT2D eigenvalue weighted by Crippen LogP contribution is 2.32. The summed E-state index contributed by atoms with van der Waals surface area (Å²) in [5, 5.41) is 5.18. The Morgan fingerprint density at radius 1 is 0.844 bits per heavy atom. The molecule has 0 bridgehead atoms. The van der Waals surface area contributed by atoms with Gasteiger partial charge in [-0.15, -0.1) is 0 Å². The van der Waals surface area contributed by atoms with Gasteiger partial charge in [0, 0.05) is 5.69 Å². The zero-order valence-corrected chi connectivity index (χ0v) is 18.5. The number of hydrogen-bond acceptors (Lipinski definition) is 6. The molecule has 2 N–H and O–H groups in total. The van der Waals surface area contributed by atoms with Crippen molar-refractivity contribution in [2.75, 3.05) is 17.7 Å². The average molecular weight is 455 g/mol. The van der Waals surface area contributed by atoms with Gasteiger partial charge in [0.15, 0.2) is 5.75 Å².